The molecule has 0 bridgehead atoms. The summed E-state index contributed by atoms with van der Waals surface area (Å²) in [5.74, 6) is 0.667. The van der Waals surface area contributed by atoms with Crippen LogP contribution in [0.15, 0.2) is 30.0 Å². The highest BCUT2D eigenvalue weighted by Gasteiger charge is 2.12. The summed E-state index contributed by atoms with van der Waals surface area (Å²) < 4.78 is 2.63. The van der Waals surface area contributed by atoms with Crippen molar-refractivity contribution in [2.45, 2.75) is 6.42 Å². The van der Waals surface area contributed by atoms with Gasteiger partial charge in [0.1, 0.15) is 12.2 Å². The number of carbonyl (C=O) groups excluding carboxylic acids is 1. The van der Waals surface area contributed by atoms with Gasteiger partial charge in [0, 0.05) is 18.8 Å². The van der Waals surface area contributed by atoms with Gasteiger partial charge in [0.2, 0.25) is 0 Å². The molecule has 0 unspecified atom stereocenters. The lowest BCUT2D eigenvalue weighted by molar-refractivity contribution is 0.0989. The molecule has 0 fully saturated rings. The molecule has 0 saturated carbocycles. The summed E-state index contributed by atoms with van der Waals surface area (Å²) in [4.78, 5) is 20.4. The largest absolute Gasteiger partial charge is 0.294 e. The minimum Gasteiger partial charge on any atom is -0.294 e. The van der Waals surface area contributed by atoms with E-state index in [0.29, 0.717) is 11.4 Å². The van der Waals surface area contributed by atoms with Gasteiger partial charge in [0.25, 0.3) is 0 Å². The summed E-state index contributed by atoms with van der Waals surface area (Å²) in [6.45, 7) is 0. The molecule has 3 aromatic rings. The van der Waals surface area contributed by atoms with Crippen LogP contribution in [0.25, 0.3) is 10.2 Å². The summed E-state index contributed by atoms with van der Waals surface area (Å²) in [5.41, 5.74) is 1.54. The van der Waals surface area contributed by atoms with E-state index in [9.17, 15) is 4.79 Å². The highest BCUT2D eigenvalue weighted by atomic mass is 32.1. The zero-order valence-corrected chi connectivity index (χ0v) is 10.5. The van der Waals surface area contributed by atoms with E-state index in [1.54, 1.807) is 29.3 Å². The number of thiophene rings is 1. The zero-order chi connectivity index (χ0) is 12.5. The first kappa shape index (κ1) is 11.0. The lowest BCUT2D eigenvalue weighted by atomic mass is 10.1. The molecule has 0 saturated heterocycles. The van der Waals surface area contributed by atoms with Gasteiger partial charge in [-0.05, 0) is 17.5 Å². The van der Waals surface area contributed by atoms with Gasteiger partial charge in [0.05, 0.1) is 16.6 Å². The average Bonchev–Trinajstić information content (AvgIpc) is 2.98. The first-order valence-corrected chi connectivity index (χ1v) is 6.31. The molecule has 3 heterocycles. The van der Waals surface area contributed by atoms with Crippen LogP contribution in [0.5, 0.6) is 0 Å². The molecule has 0 aliphatic carbocycles. The van der Waals surface area contributed by atoms with Crippen LogP contribution in [-0.2, 0) is 13.5 Å². The van der Waals surface area contributed by atoms with Gasteiger partial charge in [-0.25, -0.2) is 4.98 Å². The number of pyridine rings is 1. The number of rotatable bonds is 3. The normalized spacial score (nSPS) is 10.9. The van der Waals surface area contributed by atoms with Crippen molar-refractivity contribution in [1.82, 2.24) is 19.7 Å². The molecular weight excluding hydrogens is 248 g/mol. The quantitative estimate of drug-likeness (QED) is 0.673. The van der Waals surface area contributed by atoms with Crippen LogP contribution in [0.3, 0.4) is 0 Å². The van der Waals surface area contributed by atoms with E-state index in [1.807, 2.05) is 17.5 Å². The van der Waals surface area contributed by atoms with Crippen LogP contribution >= 0.6 is 11.3 Å². The molecule has 0 radical (unpaired) electrons. The van der Waals surface area contributed by atoms with Gasteiger partial charge in [-0.3, -0.25) is 14.5 Å². The third-order valence-corrected chi connectivity index (χ3v) is 3.60. The van der Waals surface area contributed by atoms with Crippen LogP contribution in [0.4, 0.5) is 0 Å². The molecule has 0 aliphatic heterocycles. The lowest BCUT2D eigenvalue weighted by Crippen LogP contribution is -2.09. The van der Waals surface area contributed by atoms with E-state index in [2.05, 4.69) is 15.1 Å². The molecule has 5 nitrogen and oxygen atoms in total. The van der Waals surface area contributed by atoms with E-state index in [1.165, 1.54) is 6.33 Å². The fourth-order valence-electron chi connectivity index (χ4n) is 1.72. The maximum absolute atomic E-state index is 12.1. The third-order valence-electron chi connectivity index (χ3n) is 2.75. The number of aryl methyl sites for hydroxylation is 1. The second-order valence-electron chi connectivity index (χ2n) is 3.93. The standard InChI is InChI=1S/C12H10N4OS/c1-16-12(14-7-15-16)5-10(17)8-4-11-9(13-6-8)2-3-18-11/h2-4,6-7H,5H2,1H3. The Morgan fingerprint density at radius 3 is 3.11 bits per heavy atom. The van der Waals surface area contributed by atoms with Crippen LogP contribution in [0.2, 0.25) is 0 Å². The first-order chi connectivity index (χ1) is 8.74. The maximum atomic E-state index is 12.1. The SMILES string of the molecule is Cn1ncnc1CC(=O)c1cnc2ccsc2c1. The minimum absolute atomic E-state index is 0.00824. The summed E-state index contributed by atoms with van der Waals surface area (Å²) in [6, 6.07) is 3.82. The van der Waals surface area contributed by atoms with Crippen molar-refractivity contribution in [2.75, 3.05) is 0 Å². The van der Waals surface area contributed by atoms with Gasteiger partial charge in [-0.1, -0.05) is 0 Å². The third kappa shape index (κ3) is 1.91. The molecule has 0 aromatic carbocycles. The van der Waals surface area contributed by atoms with E-state index < -0.39 is 0 Å². The Hall–Kier alpha value is -2.08. The number of ketones is 1. The Kier molecular flexibility index (Phi) is 2.64. The molecule has 0 spiro atoms. The number of Topliss-reactive ketones (excluding diaryl/α,β-unsaturated/α-hetero) is 1. The second-order valence-corrected chi connectivity index (χ2v) is 4.88. The molecular formula is C12H10N4OS. The monoisotopic (exact) mass is 258 g/mol. The molecule has 18 heavy (non-hydrogen) atoms. The summed E-state index contributed by atoms with van der Waals surface area (Å²) in [6.07, 6.45) is 3.31. The van der Waals surface area contributed by atoms with Gasteiger partial charge in [-0.15, -0.1) is 11.3 Å². The molecule has 0 N–H and O–H groups in total. The van der Waals surface area contributed by atoms with Crippen molar-refractivity contribution < 1.29 is 4.79 Å². The molecule has 0 amide bonds. The molecule has 6 heteroatoms. The number of carbonyl (C=O) groups is 1. The number of hydrogen-bond acceptors (Lipinski definition) is 5. The van der Waals surface area contributed by atoms with Crippen LogP contribution in [0, 0.1) is 0 Å². The van der Waals surface area contributed by atoms with Crippen molar-refractivity contribution in [1.29, 1.82) is 0 Å². The van der Waals surface area contributed by atoms with Crippen LogP contribution < -0.4 is 0 Å². The molecule has 90 valence electrons. The van der Waals surface area contributed by atoms with Crippen molar-refractivity contribution in [2.24, 2.45) is 7.05 Å². The Morgan fingerprint density at radius 1 is 1.44 bits per heavy atom. The van der Waals surface area contributed by atoms with Gasteiger partial charge >= 0.3 is 0 Å². The summed E-state index contributed by atoms with van der Waals surface area (Å²) in [5, 5.41) is 5.91. The van der Waals surface area contributed by atoms with Gasteiger partial charge < -0.3 is 0 Å². The van der Waals surface area contributed by atoms with E-state index >= 15 is 0 Å². The average molecular weight is 258 g/mol. The topological polar surface area (TPSA) is 60.7 Å². The predicted octanol–water partition coefficient (Wildman–Crippen LogP) is 1.85. The van der Waals surface area contributed by atoms with Crippen molar-refractivity contribution in [3.63, 3.8) is 0 Å². The molecule has 0 atom stereocenters. The predicted molar refractivity (Wildman–Crippen MR) is 68.7 cm³/mol. The zero-order valence-electron chi connectivity index (χ0n) is 9.70. The number of hydrogen-bond donors (Lipinski definition) is 0. The van der Waals surface area contributed by atoms with Crippen LogP contribution in [-0.4, -0.2) is 25.5 Å². The first-order valence-electron chi connectivity index (χ1n) is 5.43. The smallest absolute Gasteiger partial charge is 0.172 e. The van der Waals surface area contributed by atoms with E-state index in [4.69, 9.17) is 0 Å². The van der Waals surface area contributed by atoms with E-state index in [0.717, 1.165) is 10.2 Å². The maximum Gasteiger partial charge on any atom is 0.172 e. The fraction of sp³-hybridized carbons (Fsp3) is 0.167. The molecule has 3 rings (SSSR count). The van der Waals surface area contributed by atoms with Crippen molar-refractivity contribution >= 4 is 27.3 Å². The Balaban J connectivity index is 1.89. The van der Waals surface area contributed by atoms with Gasteiger partial charge in [0.15, 0.2) is 5.78 Å². The Labute approximate surface area is 107 Å². The van der Waals surface area contributed by atoms with Crippen LogP contribution in [0.1, 0.15) is 16.2 Å². The van der Waals surface area contributed by atoms with E-state index in [-0.39, 0.29) is 12.2 Å². The summed E-state index contributed by atoms with van der Waals surface area (Å²) in [7, 11) is 1.77. The lowest BCUT2D eigenvalue weighted by Gasteiger charge is -2.00. The van der Waals surface area contributed by atoms with Crippen molar-refractivity contribution in [3.05, 3.63) is 41.4 Å². The minimum atomic E-state index is 0.00824. The fourth-order valence-corrected chi connectivity index (χ4v) is 2.50. The number of fused-ring (bicyclic) bond motifs is 1. The molecule has 3 aromatic heterocycles. The summed E-state index contributed by atoms with van der Waals surface area (Å²) >= 11 is 1.58. The molecule has 0 aliphatic rings. The number of nitrogens with zero attached hydrogens (tertiary/aromatic N) is 4. The Bertz CT molecular complexity index is 716. The van der Waals surface area contributed by atoms with Crippen molar-refractivity contribution in [3.8, 4) is 0 Å². The highest BCUT2D eigenvalue weighted by Crippen LogP contribution is 2.20. The Morgan fingerprint density at radius 2 is 2.33 bits per heavy atom. The highest BCUT2D eigenvalue weighted by molar-refractivity contribution is 7.17. The van der Waals surface area contributed by atoms with Gasteiger partial charge in [-0.2, -0.15) is 5.10 Å². The second kappa shape index (κ2) is 4.30. The number of aromatic nitrogens is 4.